The number of esters is 1. The summed E-state index contributed by atoms with van der Waals surface area (Å²) in [7, 11) is 0. The maximum absolute atomic E-state index is 11.1. The van der Waals surface area contributed by atoms with Crippen LogP contribution in [0, 0.1) is 5.92 Å². The van der Waals surface area contributed by atoms with E-state index in [4.69, 9.17) is 4.74 Å². The van der Waals surface area contributed by atoms with Gasteiger partial charge in [-0.1, -0.05) is 37.3 Å². The second kappa shape index (κ2) is 3.42. The van der Waals surface area contributed by atoms with Crippen molar-refractivity contribution in [3.63, 3.8) is 0 Å². The molecule has 1 heterocycles. The number of aliphatic hydroxyl groups excluding tert-OH is 1. The van der Waals surface area contributed by atoms with Crippen LogP contribution in [0.5, 0.6) is 0 Å². The molecule has 0 spiro atoms. The lowest BCUT2D eigenvalue weighted by Gasteiger charge is -2.14. The fourth-order valence-corrected chi connectivity index (χ4v) is 1.70. The Labute approximate surface area is 82.3 Å². The van der Waals surface area contributed by atoms with Crippen LogP contribution in [-0.4, -0.2) is 17.2 Å². The Morgan fingerprint density at radius 2 is 1.93 bits per heavy atom. The molecular weight excluding hydrogens is 180 g/mol. The number of rotatable bonds is 1. The molecular formula is C11H12O3. The van der Waals surface area contributed by atoms with Crippen LogP contribution in [0.15, 0.2) is 30.3 Å². The molecule has 1 N–H and O–H groups in total. The van der Waals surface area contributed by atoms with Crippen molar-refractivity contribution in [2.75, 3.05) is 0 Å². The summed E-state index contributed by atoms with van der Waals surface area (Å²) >= 11 is 0. The first-order chi connectivity index (χ1) is 6.70. The molecule has 3 atom stereocenters. The largest absolute Gasteiger partial charge is 0.455 e. The highest BCUT2D eigenvalue weighted by atomic mass is 16.6. The zero-order chi connectivity index (χ0) is 10.1. The fourth-order valence-electron chi connectivity index (χ4n) is 1.70. The number of hydrogen-bond donors (Lipinski definition) is 1. The minimum absolute atomic E-state index is 0.176. The first kappa shape index (κ1) is 9.21. The Balaban J connectivity index is 2.26. The molecule has 1 aliphatic heterocycles. The van der Waals surface area contributed by atoms with Crippen molar-refractivity contribution >= 4 is 5.97 Å². The molecule has 0 radical (unpaired) electrons. The molecule has 14 heavy (non-hydrogen) atoms. The average molecular weight is 192 g/mol. The van der Waals surface area contributed by atoms with E-state index >= 15 is 0 Å². The molecule has 0 saturated carbocycles. The third-order valence-electron chi connectivity index (χ3n) is 2.59. The number of cyclic esters (lactones) is 1. The Hall–Kier alpha value is -1.35. The van der Waals surface area contributed by atoms with Gasteiger partial charge in [0.15, 0.2) is 6.10 Å². The lowest BCUT2D eigenvalue weighted by molar-refractivity contribution is -0.147. The highest BCUT2D eigenvalue weighted by Crippen LogP contribution is 2.34. The first-order valence-electron chi connectivity index (χ1n) is 4.63. The average Bonchev–Trinajstić information content (AvgIpc) is 2.47. The van der Waals surface area contributed by atoms with E-state index in [0.29, 0.717) is 0 Å². The van der Waals surface area contributed by atoms with Gasteiger partial charge in [0.25, 0.3) is 0 Å². The van der Waals surface area contributed by atoms with Crippen LogP contribution in [0.2, 0.25) is 0 Å². The molecule has 3 nitrogen and oxygen atoms in total. The predicted octanol–water partition coefficient (Wildman–Crippen LogP) is 1.28. The molecule has 1 saturated heterocycles. The molecule has 1 fully saturated rings. The van der Waals surface area contributed by atoms with E-state index in [0.717, 1.165) is 5.56 Å². The smallest absolute Gasteiger partial charge is 0.336 e. The normalized spacial score (nSPS) is 31.6. The van der Waals surface area contributed by atoms with Gasteiger partial charge in [-0.3, -0.25) is 0 Å². The van der Waals surface area contributed by atoms with Crippen LogP contribution in [0.3, 0.4) is 0 Å². The predicted molar refractivity (Wildman–Crippen MR) is 50.4 cm³/mol. The molecule has 0 bridgehead atoms. The quantitative estimate of drug-likeness (QED) is 0.682. The lowest BCUT2D eigenvalue weighted by atomic mass is 9.95. The number of benzene rings is 1. The number of ether oxygens (including phenoxy) is 1. The van der Waals surface area contributed by atoms with Crippen molar-refractivity contribution in [2.45, 2.75) is 19.1 Å². The topological polar surface area (TPSA) is 46.5 Å². The van der Waals surface area contributed by atoms with Gasteiger partial charge >= 0.3 is 5.97 Å². The second-order valence-corrected chi connectivity index (χ2v) is 3.57. The molecule has 0 amide bonds. The summed E-state index contributed by atoms with van der Waals surface area (Å²) in [5, 5.41) is 9.42. The van der Waals surface area contributed by atoms with Crippen LogP contribution in [0.25, 0.3) is 0 Å². The third kappa shape index (κ3) is 1.40. The van der Waals surface area contributed by atoms with Crippen LogP contribution < -0.4 is 0 Å². The molecule has 74 valence electrons. The van der Waals surface area contributed by atoms with E-state index in [1.807, 2.05) is 37.3 Å². The van der Waals surface area contributed by atoms with Crippen molar-refractivity contribution < 1.29 is 14.6 Å². The summed E-state index contributed by atoms with van der Waals surface area (Å²) in [6.45, 7) is 1.81. The molecule has 1 aliphatic rings. The molecule has 1 aromatic carbocycles. The van der Waals surface area contributed by atoms with E-state index in [2.05, 4.69) is 0 Å². The van der Waals surface area contributed by atoms with Crippen molar-refractivity contribution in [3.8, 4) is 0 Å². The van der Waals surface area contributed by atoms with E-state index < -0.39 is 12.1 Å². The molecule has 1 aromatic rings. The molecule has 0 aliphatic carbocycles. The summed E-state index contributed by atoms with van der Waals surface area (Å²) in [6, 6.07) is 9.47. The SMILES string of the molecule is C[C@H]1[C@H](O)C(=O)O[C@@H]1c1ccccc1. The minimum atomic E-state index is -0.986. The van der Waals surface area contributed by atoms with Gasteiger partial charge in [-0.25, -0.2) is 4.79 Å². The number of carbonyl (C=O) groups is 1. The Morgan fingerprint density at radius 3 is 2.43 bits per heavy atom. The highest BCUT2D eigenvalue weighted by Gasteiger charge is 2.41. The summed E-state index contributed by atoms with van der Waals surface area (Å²) in [5.74, 6) is -0.698. The molecule has 0 aromatic heterocycles. The lowest BCUT2D eigenvalue weighted by Crippen LogP contribution is -2.19. The fraction of sp³-hybridized carbons (Fsp3) is 0.364. The third-order valence-corrected chi connectivity index (χ3v) is 2.59. The van der Waals surface area contributed by atoms with Crippen LogP contribution in [0.1, 0.15) is 18.6 Å². The van der Waals surface area contributed by atoms with Gasteiger partial charge in [-0.05, 0) is 5.56 Å². The zero-order valence-electron chi connectivity index (χ0n) is 7.88. The zero-order valence-corrected chi connectivity index (χ0v) is 7.88. The monoisotopic (exact) mass is 192 g/mol. The Morgan fingerprint density at radius 1 is 1.29 bits per heavy atom. The number of carbonyl (C=O) groups excluding carboxylic acids is 1. The van der Waals surface area contributed by atoms with Crippen LogP contribution >= 0.6 is 0 Å². The van der Waals surface area contributed by atoms with E-state index in [9.17, 15) is 9.90 Å². The number of aliphatic hydroxyl groups is 1. The van der Waals surface area contributed by atoms with Crippen molar-refractivity contribution in [1.29, 1.82) is 0 Å². The van der Waals surface area contributed by atoms with Gasteiger partial charge in [-0.2, -0.15) is 0 Å². The van der Waals surface area contributed by atoms with Crippen LogP contribution in [0.4, 0.5) is 0 Å². The van der Waals surface area contributed by atoms with E-state index in [1.54, 1.807) is 0 Å². The first-order valence-corrected chi connectivity index (χ1v) is 4.63. The minimum Gasteiger partial charge on any atom is -0.455 e. The Bertz CT molecular complexity index is 334. The van der Waals surface area contributed by atoms with Crippen molar-refractivity contribution in [3.05, 3.63) is 35.9 Å². The Kier molecular flexibility index (Phi) is 2.25. The van der Waals surface area contributed by atoms with Gasteiger partial charge in [0, 0.05) is 5.92 Å². The maximum Gasteiger partial charge on any atom is 0.336 e. The second-order valence-electron chi connectivity index (χ2n) is 3.57. The highest BCUT2D eigenvalue weighted by molar-refractivity contribution is 5.77. The van der Waals surface area contributed by atoms with Gasteiger partial charge in [0.2, 0.25) is 0 Å². The number of hydrogen-bond acceptors (Lipinski definition) is 3. The molecule has 3 heteroatoms. The maximum atomic E-state index is 11.1. The van der Waals surface area contributed by atoms with Gasteiger partial charge in [-0.15, -0.1) is 0 Å². The van der Waals surface area contributed by atoms with Crippen molar-refractivity contribution in [2.24, 2.45) is 5.92 Å². The molecule has 0 unspecified atom stereocenters. The summed E-state index contributed by atoms with van der Waals surface area (Å²) < 4.78 is 5.08. The van der Waals surface area contributed by atoms with Gasteiger partial charge < -0.3 is 9.84 Å². The van der Waals surface area contributed by atoms with Gasteiger partial charge in [0.05, 0.1) is 0 Å². The summed E-state index contributed by atoms with van der Waals surface area (Å²) in [4.78, 5) is 11.1. The standard InChI is InChI=1S/C11H12O3/c1-7-9(12)11(13)14-10(7)8-5-3-2-4-6-8/h2-7,9-10,12H,1H3/t7-,9-,10-/m0/s1. The van der Waals surface area contributed by atoms with Crippen molar-refractivity contribution in [1.82, 2.24) is 0 Å². The van der Waals surface area contributed by atoms with Crippen LogP contribution in [-0.2, 0) is 9.53 Å². The molecule has 2 rings (SSSR count). The van der Waals surface area contributed by atoms with E-state index in [-0.39, 0.29) is 12.0 Å². The summed E-state index contributed by atoms with van der Waals surface area (Å²) in [5.41, 5.74) is 0.935. The van der Waals surface area contributed by atoms with E-state index in [1.165, 1.54) is 0 Å². The van der Waals surface area contributed by atoms with Gasteiger partial charge in [0.1, 0.15) is 6.10 Å². The summed E-state index contributed by atoms with van der Waals surface area (Å²) in [6.07, 6.45) is -1.29.